The molecule has 0 saturated heterocycles. The van der Waals surface area contributed by atoms with Crippen molar-refractivity contribution in [3.8, 4) is 34.1 Å². The molecule has 2 aromatic carbocycles. The maximum absolute atomic E-state index is 6.61. The van der Waals surface area contributed by atoms with Crippen LogP contribution in [0.2, 0.25) is 0 Å². The first kappa shape index (κ1) is 34.3. The normalized spacial score (nSPS) is 12.8. The van der Waals surface area contributed by atoms with Crippen molar-refractivity contribution in [2.75, 3.05) is 17.7 Å². The molecule has 276 valence electrons. The summed E-state index contributed by atoms with van der Waals surface area (Å²) in [6, 6.07) is 23.6. The summed E-state index contributed by atoms with van der Waals surface area (Å²) in [6.07, 6.45) is 6.86. The Labute approximate surface area is 318 Å². The Hall–Kier alpha value is -6.47. The molecule has 0 amide bonds. The van der Waals surface area contributed by atoms with Crippen LogP contribution in [0.1, 0.15) is 59.4 Å². The third-order valence-electron chi connectivity index (χ3n) is 10.2. The van der Waals surface area contributed by atoms with Crippen LogP contribution in [-0.4, -0.2) is 51.6 Å². The van der Waals surface area contributed by atoms with Crippen molar-refractivity contribution in [1.82, 2.24) is 44.5 Å². The molecule has 13 nitrogen and oxygen atoms in total. The van der Waals surface area contributed by atoms with Crippen molar-refractivity contribution < 1.29 is 9.47 Å². The number of hydrogen-bond acceptors (Lipinski definition) is 11. The Balaban J connectivity index is 1.07. The summed E-state index contributed by atoms with van der Waals surface area (Å²) in [5.41, 5.74) is 12.6. The predicted molar refractivity (Wildman–Crippen MR) is 210 cm³/mol. The van der Waals surface area contributed by atoms with Gasteiger partial charge in [0.05, 0.1) is 60.2 Å². The van der Waals surface area contributed by atoms with Gasteiger partial charge >= 0.3 is 0 Å². The molecule has 2 aliphatic rings. The van der Waals surface area contributed by atoms with E-state index in [0.29, 0.717) is 18.5 Å². The number of pyridine rings is 1. The Kier molecular flexibility index (Phi) is 8.98. The molecule has 0 radical (unpaired) electrons. The van der Waals surface area contributed by atoms with Gasteiger partial charge in [0.1, 0.15) is 5.75 Å². The van der Waals surface area contributed by atoms with Gasteiger partial charge in [-0.05, 0) is 73.6 Å². The molecule has 13 heteroatoms. The van der Waals surface area contributed by atoms with E-state index in [1.54, 1.807) is 13.3 Å². The van der Waals surface area contributed by atoms with Gasteiger partial charge in [0.2, 0.25) is 11.9 Å². The Morgan fingerprint density at radius 1 is 0.745 bits per heavy atom. The van der Waals surface area contributed by atoms with Gasteiger partial charge in [0, 0.05) is 53.6 Å². The van der Waals surface area contributed by atoms with Crippen molar-refractivity contribution >= 4 is 23.3 Å². The van der Waals surface area contributed by atoms with Crippen molar-refractivity contribution in [3.63, 3.8) is 0 Å². The van der Waals surface area contributed by atoms with Crippen LogP contribution < -0.4 is 15.4 Å². The summed E-state index contributed by atoms with van der Waals surface area (Å²) in [7, 11) is 3.63. The van der Waals surface area contributed by atoms with E-state index in [-0.39, 0.29) is 12.5 Å². The topological polar surface area (TPSA) is 143 Å². The quantitative estimate of drug-likeness (QED) is 0.137. The van der Waals surface area contributed by atoms with E-state index in [0.717, 1.165) is 111 Å². The number of methoxy groups -OCH3 is 1. The number of nitrogens with one attached hydrogen (secondary N) is 2. The van der Waals surface area contributed by atoms with Crippen LogP contribution in [0.5, 0.6) is 5.75 Å². The second-order valence-corrected chi connectivity index (χ2v) is 14.1. The van der Waals surface area contributed by atoms with Crippen molar-refractivity contribution in [2.24, 2.45) is 7.05 Å². The van der Waals surface area contributed by atoms with E-state index in [4.69, 9.17) is 34.6 Å². The van der Waals surface area contributed by atoms with Gasteiger partial charge in [0.15, 0.2) is 5.82 Å². The summed E-state index contributed by atoms with van der Waals surface area (Å²) in [4.78, 5) is 24.5. The zero-order valence-electron chi connectivity index (χ0n) is 31.2. The number of nitrogens with zero attached hydrogens (tertiary/aromatic N) is 9. The predicted octanol–water partition coefficient (Wildman–Crippen LogP) is 7.45. The largest absolute Gasteiger partial charge is 0.497 e. The van der Waals surface area contributed by atoms with E-state index >= 15 is 0 Å². The smallest absolute Gasteiger partial charge is 0.228 e. The lowest BCUT2D eigenvalue weighted by molar-refractivity contribution is 0.0992. The molecule has 0 spiro atoms. The number of anilines is 4. The van der Waals surface area contributed by atoms with Gasteiger partial charge in [-0.1, -0.05) is 44.2 Å². The SMILES string of the molecule is COc1cccc(Nc2nc(COCc3c4c(nn3C)CCc3cnc(Nc5ccccc5)nc3-4)c3c(n2)-c2c(nn(-c4ccccn4)c2C(C)C)CC3)c1. The number of para-hydroxylation sites is 1. The minimum Gasteiger partial charge on any atom is -0.497 e. The first-order valence-electron chi connectivity index (χ1n) is 18.6. The maximum Gasteiger partial charge on any atom is 0.228 e. The molecule has 0 bridgehead atoms. The maximum atomic E-state index is 6.61. The van der Waals surface area contributed by atoms with Gasteiger partial charge < -0.3 is 20.1 Å². The average molecular weight is 732 g/mol. The summed E-state index contributed by atoms with van der Waals surface area (Å²) >= 11 is 0. The number of fused-ring (bicyclic) bond motifs is 6. The van der Waals surface area contributed by atoms with Gasteiger partial charge in [-0.25, -0.2) is 29.6 Å². The van der Waals surface area contributed by atoms with E-state index in [1.165, 1.54) is 0 Å². The van der Waals surface area contributed by atoms with Crippen LogP contribution in [0.15, 0.2) is 85.2 Å². The summed E-state index contributed by atoms with van der Waals surface area (Å²) in [5, 5.41) is 16.8. The number of benzene rings is 2. The van der Waals surface area contributed by atoms with Crippen LogP contribution >= 0.6 is 0 Å². The second kappa shape index (κ2) is 14.4. The summed E-state index contributed by atoms with van der Waals surface area (Å²) in [5.74, 6) is 2.69. The van der Waals surface area contributed by atoms with E-state index < -0.39 is 0 Å². The molecule has 5 heterocycles. The van der Waals surface area contributed by atoms with Gasteiger partial charge in [-0.15, -0.1) is 0 Å². The van der Waals surface area contributed by atoms with E-state index in [1.807, 2.05) is 95.4 Å². The number of aryl methyl sites for hydroxylation is 4. The number of rotatable bonds is 11. The standard InChI is InChI=1S/C42H41N11O2/c1-25(2)40-37-32(51-53(40)35-15-8-9-20-43-35)19-17-30-33(47-42(49-39(30)37)46-28-13-10-14-29(21-28)54-4)23-55-24-34-36-31(50-52(34)3)18-16-26-22-44-41(48-38(26)36)45-27-11-6-5-7-12-27/h5-15,20-22,25H,16-19,23-24H2,1-4H3,(H,44,45,48)(H,46,47,49). The van der Waals surface area contributed by atoms with Gasteiger partial charge in [-0.3, -0.25) is 4.68 Å². The third kappa shape index (κ3) is 6.56. The lowest BCUT2D eigenvalue weighted by Crippen LogP contribution is -2.15. The Morgan fingerprint density at radius 2 is 1.53 bits per heavy atom. The van der Waals surface area contributed by atoms with E-state index in [9.17, 15) is 0 Å². The molecule has 0 unspecified atom stereocenters. The minimum atomic E-state index is 0.153. The molecule has 55 heavy (non-hydrogen) atoms. The molecule has 0 fully saturated rings. The molecule has 0 aliphatic heterocycles. The molecule has 2 aliphatic carbocycles. The highest BCUT2D eigenvalue weighted by Crippen LogP contribution is 2.41. The molecular weight excluding hydrogens is 691 g/mol. The first-order chi connectivity index (χ1) is 26.9. The van der Waals surface area contributed by atoms with Crippen LogP contribution in [0.3, 0.4) is 0 Å². The fraction of sp³-hybridized carbons (Fsp3) is 0.262. The monoisotopic (exact) mass is 731 g/mol. The lowest BCUT2D eigenvalue weighted by atomic mass is 9.89. The van der Waals surface area contributed by atoms with Crippen molar-refractivity contribution in [2.45, 2.75) is 58.7 Å². The molecule has 5 aromatic heterocycles. The van der Waals surface area contributed by atoms with Gasteiger partial charge in [0.25, 0.3) is 0 Å². The van der Waals surface area contributed by atoms with Crippen LogP contribution in [-0.2, 0) is 50.7 Å². The fourth-order valence-corrected chi connectivity index (χ4v) is 7.59. The van der Waals surface area contributed by atoms with Crippen LogP contribution in [0.25, 0.3) is 28.3 Å². The number of ether oxygens (including phenoxy) is 2. The fourth-order valence-electron chi connectivity index (χ4n) is 7.59. The first-order valence-corrected chi connectivity index (χ1v) is 18.6. The highest BCUT2D eigenvalue weighted by atomic mass is 16.5. The minimum absolute atomic E-state index is 0.153. The summed E-state index contributed by atoms with van der Waals surface area (Å²) < 4.78 is 16.0. The molecule has 0 atom stereocenters. The zero-order chi connectivity index (χ0) is 37.5. The van der Waals surface area contributed by atoms with E-state index in [2.05, 4.69) is 34.4 Å². The van der Waals surface area contributed by atoms with Crippen LogP contribution in [0, 0.1) is 0 Å². The highest BCUT2D eigenvalue weighted by Gasteiger charge is 2.32. The second-order valence-electron chi connectivity index (χ2n) is 14.1. The molecule has 9 rings (SSSR count). The molecular formula is C42H41N11O2. The van der Waals surface area contributed by atoms with Crippen molar-refractivity contribution in [3.05, 3.63) is 125 Å². The Bertz CT molecular complexity index is 2510. The average Bonchev–Trinajstić information content (AvgIpc) is 3.77. The summed E-state index contributed by atoms with van der Waals surface area (Å²) in [6.45, 7) is 4.96. The zero-order valence-corrected chi connectivity index (χ0v) is 31.2. The lowest BCUT2D eigenvalue weighted by Gasteiger charge is -2.21. The Morgan fingerprint density at radius 3 is 2.35 bits per heavy atom. The molecule has 0 saturated carbocycles. The highest BCUT2D eigenvalue weighted by molar-refractivity contribution is 5.75. The van der Waals surface area contributed by atoms with Crippen molar-refractivity contribution in [1.29, 1.82) is 0 Å². The van der Waals surface area contributed by atoms with Gasteiger partial charge in [-0.2, -0.15) is 10.2 Å². The number of aromatic nitrogens is 9. The molecule has 7 aromatic rings. The third-order valence-corrected chi connectivity index (χ3v) is 10.2. The number of hydrogen-bond donors (Lipinski definition) is 2. The molecule has 2 N–H and O–H groups in total. The van der Waals surface area contributed by atoms with Crippen LogP contribution in [0.4, 0.5) is 23.3 Å².